The summed E-state index contributed by atoms with van der Waals surface area (Å²) in [6.45, 7) is 7.41. The number of nitrogens with zero attached hydrogens (tertiary/aromatic N) is 2. The molecule has 0 aliphatic carbocycles. The van der Waals surface area contributed by atoms with E-state index in [9.17, 15) is 9.59 Å². The first-order valence-corrected chi connectivity index (χ1v) is 8.55. The van der Waals surface area contributed by atoms with Crippen molar-refractivity contribution in [2.45, 2.75) is 45.2 Å². The molecule has 0 bridgehead atoms. The van der Waals surface area contributed by atoms with Gasteiger partial charge in [0.15, 0.2) is 0 Å². The number of carbonyl (C=O) groups excluding carboxylic acids is 2. The predicted octanol–water partition coefficient (Wildman–Crippen LogP) is 2.38. The zero-order chi connectivity index (χ0) is 17.9. The largest absolute Gasteiger partial charge is 0.347 e. The van der Waals surface area contributed by atoms with Gasteiger partial charge in [0.2, 0.25) is 0 Å². The van der Waals surface area contributed by atoms with Crippen molar-refractivity contribution in [3.63, 3.8) is 0 Å². The summed E-state index contributed by atoms with van der Waals surface area (Å²) in [5.41, 5.74) is 0.945. The van der Waals surface area contributed by atoms with E-state index in [1.54, 1.807) is 24.3 Å². The average Bonchev–Trinajstić information content (AvgIpc) is 2.53. The number of amides is 2. The first kappa shape index (κ1) is 18.5. The third kappa shape index (κ3) is 4.81. The van der Waals surface area contributed by atoms with E-state index >= 15 is 0 Å². The van der Waals surface area contributed by atoms with Gasteiger partial charge in [0.1, 0.15) is 0 Å². The van der Waals surface area contributed by atoms with E-state index in [1.807, 2.05) is 25.7 Å². The Balaban J connectivity index is 1.98. The van der Waals surface area contributed by atoms with Crippen molar-refractivity contribution in [3.05, 3.63) is 35.4 Å². The summed E-state index contributed by atoms with van der Waals surface area (Å²) in [5, 5.41) is 2.92. The standard InChI is InChI=1S/C19H29N3O2/c1-19(2,3)20-17(23)14-6-8-15(9-7-14)18(24)22-12-10-16(11-13-22)21(4)5/h6-9,16H,10-13H2,1-5H3,(H,20,23). The third-order valence-corrected chi connectivity index (χ3v) is 4.36. The fourth-order valence-electron chi connectivity index (χ4n) is 2.94. The van der Waals surface area contributed by atoms with Crippen LogP contribution in [0, 0.1) is 0 Å². The maximum atomic E-state index is 12.6. The van der Waals surface area contributed by atoms with Gasteiger partial charge < -0.3 is 15.1 Å². The number of benzene rings is 1. The smallest absolute Gasteiger partial charge is 0.253 e. The zero-order valence-corrected chi connectivity index (χ0v) is 15.4. The van der Waals surface area contributed by atoms with E-state index < -0.39 is 0 Å². The molecule has 2 amide bonds. The highest BCUT2D eigenvalue weighted by atomic mass is 16.2. The lowest BCUT2D eigenvalue weighted by molar-refractivity contribution is 0.0663. The molecule has 1 heterocycles. The molecule has 5 heteroatoms. The number of piperidine rings is 1. The number of hydrogen-bond donors (Lipinski definition) is 1. The van der Waals surface area contributed by atoms with E-state index in [-0.39, 0.29) is 17.4 Å². The summed E-state index contributed by atoms with van der Waals surface area (Å²) in [6.07, 6.45) is 2.01. The van der Waals surface area contributed by atoms with Crippen LogP contribution in [0.5, 0.6) is 0 Å². The molecule has 132 valence electrons. The lowest BCUT2D eigenvalue weighted by Gasteiger charge is -2.35. The maximum absolute atomic E-state index is 12.6. The molecule has 2 rings (SSSR count). The van der Waals surface area contributed by atoms with Gasteiger partial charge in [0.05, 0.1) is 0 Å². The van der Waals surface area contributed by atoms with Crippen molar-refractivity contribution in [1.82, 2.24) is 15.1 Å². The van der Waals surface area contributed by atoms with Gasteiger partial charge in [-0.1, -0.05) is 0 Å². The van der Waals surface area contributed by atoms with E-state index in [2.05, 4.69) is 24.3 Å². The first-order chi connectivity index (χ1) is 11.2. The number of hydrogen-bond acceptors (Lipinski definition) is 3. The molecule has 1 aliphatic heterocycles. The minimum atomic E-state index is -0.275. The van der Waals surface area contributed by atoms with Gasteiger partial charge in [-0.05, 0) is 72.0 Å². The minimum Gasteiger partial charge on any atom is -0.347 e. The molecule has 5 nitrogen and oxygen atoms in total. The van der Waals surface area contributed by atoms with Crippen LogP contribution >= 0.6 is 0 Å². The maximum Gasteiger partial charge on any atom is 0.253 e. The van der Waals surface area contributed by atoms with E-state index in [1.165, 1.54) is 0 Å². The van der Waals surface area contributed by atoms with Crippen molar-refractivity contribution in [2.75, 3.05) is 27.2 Å². The molecule has 1 aromatic carbocycles. The Morgan fingerprint density at radius 1 is 1.04 bits per heavy atom. The molecule has 0 aromatic heterocycles. The monoisotopic (exact) mass is 331 g/mol. The van der Waals surface area contributed by atoms with Crippen LogP contribution < -0.4 is 5.32 Å². The van der Waals surface area contributed by atoms with Crippen LogP contribution in [0.3, 0.4) is 0 Å². The first-order valence-electron chi connectivity index (χ1n) is 8.55. The summed E-state index contributed by atoms with van der Waals surface area (Å²) in [6, 6.07) is 7.50. The van der Waals surface area contributed by atoms with Crippen molar-refractivity contribution < 1.29 is 9.59 Å². The lowest BCUT2D eigenvalue weighted by atomic mass is 10.0. The molecular formula is C19H29N3O2. The Morgan fingerprint density at radius 3 is 2.00 bits per heavy atom. The minimum absolute atomic E-state index is 0.0509. The summed E-state index contributed by atoms with van der Waals surface area (Å²) >= 11 is 0. The second-order valence-electron chi connectivity index (χ2n) is 7.77. The highest BCUT2D eigenvalue weighted by Crippen LogP contribution is 2.17. The highest BCUT2D eigenvalue weighted by molar-refractivity contribution is 5.98. The number of carbonyl (C=O) groups is 2. The molecule has 1 aromatic rings. The normalized spacial score (nSPS) is 16.3. The number of rotatable bonds is 3. The van der Waals surface area contributed by atoms with Gasteiger partial charge in [-0.2, -0.15) is 0 Å². The second kappa shape index (κ2) is 7.34. The summed E-state index contributed by atoms with van der Waals surface area (Å²) in [4.78, 5) is 28.9. The lowest BCUT2D eigenvalue weighted by Crippen LogP contribution is -2.44. The zero-order valence-electron chi connectivity index (χ0n) is 15.4. The SMILES string of the molecule is CN(C)C1CCN(C(=O)c2ccc(C(=O)NC(C)(C)C)cc2)CC1. The molecule has 1 aliphatic rings. The molecule has 1 fully saturated rings. The molecule has 0 unspecified atom stereocenters. The van der Waals surface area contributed by atoms with Crippen LogP contribution in [-0.4, -0.2) is 60.4 Å². The quantitative estimate of drug-likeness (QED) is 0.925. The Bertz CT molecular complexity index is 580. The van der Waals surface area contributed by atoms with E-state index in [4.69, 9.17) is 0 Å². The molecule has 24 heavy (non-hydrogen) atoms. The van der Waals surface area contributed by atoms with Crippen LogP contribution in [0.2, 0.25) is 0 Å². The Hall–Kier alpha value is -1.88. The van der Waals surface area contributed by atoms with E-state index in [0.29, 0.717) is 17.2 Å². The summed E-state index contributed by atoms with van der Waals surface area (Å²) in [5.74, 6) is -0.0664. The number of nitrogens with one attached hydrogen (secondary N) is 1. The highest BCUT2D eigenvalue weighted by Gasteiger charge is 2.24. The van der Waals surface area contributed by atoms with Crippen molar-refractivity contribution in [3.8, 4) is 0 Å². The van der Waals surface area contributed by atoms with Gasteiger partial charge in [-0.15, -0.1) is 0 Å². The Morgan fingerprint density at radius 2 is 1.54 bits per heavy atom. The van der Waals surface area contributed by atoms with Crippen LogP contribution in [-0.2, 0) is 0 Å². The van der Waals surface area contributed by atoms with Crippen LogP contribution in [0.4, 0.5) is 0 Å². The Labute approximate surface area is 145 Å². The van der Waals surface area contributed by atoms with E-state index in [0.717, 1.165) is 25.9 Å². The average molecular weight is 331 g/mol. The molecule has 1 N–H and O–H groups in total. The number of likely N-dealkylation sites (tertiary alicyclic amines) is 1. The fraction of sp³-hybridized carbons (Fsp3) is 0.579. The topological polar surface area (TPSA) is 52.7 Å². The van der Waals surface area contributed by atoms with Crippen LogP contribution in [0.15, 0.2) is 24.3 Å². The van der Waals surface area contributed by atoms with Gasteiger partial charge >= 0.3 is 0 Å². The second-order valence-corrected chi connectivity index (χ2v) is 7.77. The molecule has 0 spiro atoms. The van der Waals surface area contributed by atoms with Crippen molar-refractivity contribution in [2.24, 2.45) is 0 Å². The van der Waals surface area contributed by atoms with Gasteiger partial charge in [-0.25, -0.2) is 0 Å². The van der Waals surface area contributed by atoms with Crippen LogP contribution in [0.1, 0.15) is 54.3 Å². The molecule has 0 atom stereocenters. The fourth-order valence-corrected chi connectivity index (χ4v) is 2.94. The van der Waals surface area contributed by atoms with Crippen molar-refractivity contribution in [1.29, 1.82) is 0 Å². The molecule has 0 saturated carbocycles. The summed E-state index contributed by atoms with van der Waals surface area (Å²) < 4.78 is 0. The van der Waals surface area contributed by atoms with Crippen molar-refractivity contribution >= 4 is 11.8 Å². The molecule has 1 saturated heterocycles. The van der Waals surface area contributed by atoms with Gasteiger partial charge in [0.25, 0.3) is 11.8 Å². The van der Waals surface area contributed by atoms with Crippen LogP contribution in [0.25, 0.3) is 0 Å². The van der Waals surface area contributed by atoms with Gasteiger partial charge in [-0.3, -0.25) is 9.59 Å². The Kier molecular flexibility index (Phi) is 5.65. The molecule has 0 radical (unpaired) electrons. The third-order valence-electron chi connectivity index (χ3n) is 4.36. The molecular weight excluding hydrogens is 302 g/mol. The van der Waals surface area contributed by atoms with Gasteiger partial charge in [0, 0.05) is 35.8 Å². The predicted molar refractivity (Wildman–Crippen MR) is 96.3 cm³/mol. The summed E-state index contributed by atoms with van der Waals surface area (Å²) in [7, 11) is 4.17.